The quantitative estimate of drug-likeness (QED) is 0.589. The first kappa shape index (κ1) is 15.7. The van der Waals surface area contributed by atoms with Crippen molar-refractivity contribution in [1.29, 1.82) is 0 Å². The number of nitrogens with zero attached hydrogens (tertiary/aromatic N) is 5. The molecule has 0 aliphatic heterocycles. The molecule has 1 N–H and O–H groups in total. The van der Waals surface area contributed by atoms with Gasteiger partial charge in [0, 0.05) is 17.7 Å². The number of aromatic nitrogens is 6. The van der Waals surface area contributed by atoms with Crippen LogP contribution in [0.2, 0.25) is 0 Å². The summed E-state index contributed by atoms with van der Waals surface area (Å²) in [6, 6.07) is 13.6. The largest absolute Gasteiger partial charge is 0.497 e. The maximum Gasteiger partial charge on any atom is 0.169 e. The SMILES string of the molecule is COc1cccc(-c2[nH]ncc2-c2nc(C3CC3)nn2-c2ccccn2)c1. The molecule has 3 aromatic heterocycles. The summed E-state index contributed by atoms with van der Waals surface area (Å²) in [5, 5.41) is 12.1. The van der Waals surface area contributed by atoms with Crippen molar-refractivity contribution in [3.8, 4) is 34.2 Å². The molecule has 7 nitrogen and oxygen atoms in total. The lowest BCUT2D eigenvalue weighted by molar-refractivity contribution is 0.415. The summed E-state index contributed by atoms with van der Waals surface area (Å²) >= 11 is 0. The molecule has 0 atom stereocenters. The molecule has 1 aliphatic carbocycles. The summed E-state index contributed by atoms with van der Waals surface area (Å²) in [5.41, 5.74) is 2.74. The molecule has 0 spiro atoms. The molecule has 0 amide bonds. The van der Waals surface area contributed by atoms with Crippen LogP contribution in [0, 0.1) is 0 Å². The van der Waals surface area contributed by atoms with Crippen LogP contribution in [0.3, 0.4) is 0 Å². The summed E-state index contributed by atoms with van der Waals surface area (Å²) in [6.45, 7) is 0. The van der Waals surface area contributed by atoms with Gasteiger partial charge < -0.3 is 4.74 Å². The zero-order valence-corrected chi connectivity index (χ0v) is 14.8. The summed E-state index contributed by atoms with van der Waals surface area (Å²) in [7, 11) is 1.66. The number of nitrogens with one attached hydrogen (secondary N) is 1. The van der Waals surface area contributed by atoms with Gasteiger partial charge in [-0.05, 0) is 37.1 Å². The predicted molar refractivity (Wildman–Crippen MR) is 101 cm³/mol. The first-order chi connectivity index (χ1) is 13.3. The fourth-order valence-electron chi connectivity index (χ4n) is 3.11. The molecule has 0 saturated heterocycles. The van der Waals surface area contributed by atoms with Gasteiger partial charge in [-0.2, -0.15) is 9.78 Å². The molecule has 5 rings (SSSR count). The Morgan fingerprint density at radius 1 is 1.15 bits per heavy atom. The van der Waals surface area contributed by atoms with Crippen LogP contribution in [-0.2, 0) is 0 Å². The average molecular weight is 358 g/mol. The number of H-pyrrole nitrogens is 1. The van der Waals surface area contributed by atoms with Crippen LogP contribution in [0.1, 0.15) is 24.6 Å². The molecule has 0 radical (unpaired) electrons. The molecule has 1 saturated carbocycles. The monoisotopic (exact) mass is 358 g/mol. The van der Waals surface area contributed by atoms with Crippen molar-refractivity contribution in [2.24, 2.45) is 0 Å². The molecule has 3 heterocycles. The molecular formula is C20H18N6O. The van der Waals surface area contributed by atoms with E-state index in [2.05, 4.69) is 15.2 Å². The number of methoxy groups -OCH3 is 1. The molecule has 4 aromatic rings. The Balaban J connectivity index is 1.66. The van der Waals surface area contributed by atoms with Gasteiger partial charge in [0.05, 0.1) is 24.6 Å². The first-order valence-electron chi connectivity index (χ1n) is 8.90. The van der Waals surface area contributed by atoms with Crippen LogP contribution < -0.4 is 4.74 Å². The predicted octanol–water partition coefficient (Wildman–Crippen LogP) is 3.61. The Hall–Kier alpha value is -3.48. The summed E-state index contributed by atoms with van der Waals surface area (Å²) in [4.78, 5) is 9.29. The van der Waals surface area contributed by atoms with E-state index < -0.39 is 0 Å². The highest BCUT2D eigenvalue weighted by Crippen LogP contribution is 2.40. The minimum atomic E-state index is 0.445. The van der Waals surface area contributed by atoms with Crippen molar-refractivity contribution in [2.75, 3.05) is 7.11 Å². The molecule has 1 aliphatic rings. The van der Waals surface area contributed by atoms with E-state index in [1.54, 1.807) is 19.5 Å². The Kier molecular flexibility index (Phi) is 3.71. The van der Waals surface area contributed by atoms with Crippen LogP contribution in [-0.4, -0.2) is 37.1 Å². The van der Waals surface area contributed by atoms with E-state index in [0.29, 0.717) is 5.92 Å². The number of benzene rings is 1. The fraction of sp³-hybridized carbons (Fsp3) is 0.200. The van der Waals surface area contributed by atoms with E-state index in [4.69, 9.17) is 14.8 Å². The fourth-order valence-corrected chi connectivity index (χ4v) is 3.11. The second-order valence-electron chi connectivity index (χ2n) is 6.56. The molecule has 1 aromatic carbocycles. The molecule has 1 fully saturated rings. The van der Waals surface area contributed by atoms with Gasteiger partial charge >= 0.3 is 0 Å². The second kappa shape index (κ2) is 6.35. The van der Waals surface area contributed by atoms with Gasteiger partial charge in [0.15, 0.2) is 17.5 Å². The lowest BCUT2D eigenvalue weighted by Gasteiger charge is -2.07. The number of pyridine rings is 1. The second-order valence-corrected chi connectivity index (χ2v) is 6.56. The van der Waals surface area contributed by atoms with Gasteiger partial charge in [0.2, 0.25) is 0 Å². The van der Waals surface area contributed by atoms with Crippen molar-refractivity contribution >= 4 is 0 Å². The third-order valence-electron chi connectivity index (χ3n) is 4.67. The normalized spacial score (nSPS) is 13.7. The number of hydrogen-bond acceptors (Lipinski definition) is 5. The van der Waals surface area contributed by atoms with E-state index in [1.807, 2.05) is 47.1 Å². The number of rotatable bonds is 5. The van der Waals surface area contributed by atoms with Crippen LogP contribution in [0.15, 0.2) is 54.9 Å². The smallest absolute Gasteiger partial charge is 0.169 e. The number of hydrogen-bond donors (Lipinski definition) is 1. The standard InChI is InChI=1S/C20H18N6O/c1-27-15-6-4-5-14(11-15)18-16(12-22-24-18)20-23-19(13-8-9-13)25-26(20)17-7-2-3-10-21-17/h2-7,10-13H,8-9H2,1H3,(H,22,24). The summed E-state index contributed by atoms with van der Waals surface area (Å²) < 4.78 is 7.17. The van der Waals surface area contributed by atoms with Gasteiger partial charge in [0.1, 0.15) is 5.75 Å². The third kappa shape index (κ3) is 2.87. The van der Waals surface area contributed by atoms with Gasteiger partial charge in [-0.15, -0.1) is 5.10 Å². The maximum absolute atomic E-state index is 5.36. The summed E-state index contributed by atoms with van der Waals surface area (Å²) in [5.74, 6) is 3.58. The van der Waals surface area contributed by atoms with E-state index >= 15 is 0 Å². The van der Waals surface area contributed by atoms with Crippen LogP contribution in [0.25, 0.3) is 28.5 Å². The molecule has 134 valence electrons. The Bertz CT molecular complexity index is 1080. The lowest BCUT2D eigenvalue weighted by Crippen LogP contribution is -2.02. The number of ether oxygens (including phenoxy) is 1. The zero-order valence-electron chi connectivity index (χ0n) is 14.8. The first-order valence-corrected chi connectivity index (χ1v) is 8.90. The van der Waals surface area contributed by atoms with Crippen molar-refractivity contribution in [3.05, 3.63) is 60.7 Å². The maximum atomic E-state index is 5.36. The highest BCUT2D eigenvalue weighted by molar-refractivity contribution is 5.78. The van der Waals surface area contributed by atoms with Gasteiger partial charge in [-0.25, -0.2) is 9.97 Å². The molecule has 7 heteroatoms. The van der Waals surface area contributed by atoms with Crippen molar-refractivity contribution in [1.82, 2.24) is 29.9 Å². The van der Waals surface area contributed by atoms with Crippen molar-refractivity contribution in [3.63, 3.8) is 0 Å². The highest BCUT2D eigenvalue weighted by Gasteiger charge is 2.30. The van der Waals surface area contributed by atoms with Crippen molar-refractivity contribution < 1.29 is 4.74 Å². The van der Waals surface area contributed by atoms with Crippen LogP contribution in [0.4, 0.5) is 0 Å². The Morgan fingerprint density at radius 2 is 2.07 bits per heavy atom. The van der Waals surface area contributed by atoms with Crippen molar-refractivity contribution in [2.45, 2.75) is 18.8 Å². The van der Waals surface area contributed by atoms with Crippen LogP contribution >= 0.6 is 0 Å². The molecule has 0 bridgehead atoms. The topological polar surface area (TPSA) is 81.5 Å². The molecule has 27 heavy (non-hydrogen) atoms. The zero-order chi connectivity index (χ0) is 18.2. The van der Waals surface area contributed by atoms with Gasteiger partial charge in [-0.3, -0.25) is 5.10 Å². The molecular weight excluding hydrogens is 340 g/mol. The number of aromatic amines is 1. The van der Waals surface area contributed by atoms with E-state index in [0.717, 1.165) is 52.9 Å². The van der Waals surface area contributed by atoms with E-state index in [-0.39, 0.29) is 0 Å². The third-order valence-corrected chi connectivity index (χ3v) is 4.67. The highest BCUT2D eigenvalue weighted by atomic mass is 16.5. The van der Waals surface area contributed by atoms with Gasteiger partial charge in [0.25, 0.3) is 0 Å². The minimum Gasteiger partial charge on any atom is -0.497 e. The Morgan fingerprint density at radius 3 is 2.85 bits per heavy atom. The summed E-state index contributed by atoms with van der Waals surface area (Å²) in [6.07, 6.45) is 5.82. The van der Waals surface area contributed by atoms with Gasteiger partial charge in [-0.1, -0.05) is 18.2 Å². The Labute approximate surface area is 156 Å². The lowest BCUT2D eigenvalue weighted by atomic mass is 10.1. The molecule has 0 unspecified atom stereocenters. The van der Waals surface area contributed by atoms with E-state index in [9.17, 15) is 0 Å². The average Bonchev–Trinajstić information content (AvgIpc) is 3.29. The minimum absolute atomic E-state index is 0.445. The van der Waals surface area contributed by atoms with E-state index in [1.165, 1.54) is 0 Å². The van der Waals surface area contributed by atoms with Crippen LogP contribution in [0.5, 0.6) is 5.75 Å².